The number of aliphatic hydroxyl groups is 1. The van der Waals surface area contributed by atoms with Crippen molar-refractivity contribution in [3.05, 3.63) is 12.7 Å². The van der Waals surface area contributed by atoms with Crippen LogP contribution in [0, 0.1) is 0 Å². The molecule has 0 aliphatic rings. The van der Waals surface area contributed by atoms with Crippen molar-refractivity contribution in [1.29, 1.82) is 0 Å². The molecule has 0 rings (SSSR count). The molecule has 0 spiro atoms. The van der Waals surface area contributed by atoms with Crippen LogP contribution >= 0.6 is 0 Å². The van der Waals surface area contributed by atoms with E-state index in [9.17, 15) is 9.90 Å². The van der Waals surface area contributed by atoms with Crippen LogP contribution in [-0.2, 0) is 9.53 Å². The van der Waals surface area contributed by atoms with Gasteiger partial charge in [-0.1, -0.05) is 26.3 Å². The molecule has 1 unspecified atom stereocenters. The second-order valence-electron chi connectivity index (χ2n) is 3.66. The van der Waals surface area contributed by atoms with Crippen molar-refractivity contribution in [2.45, 2.75) is 51.6 Å². The third-order valence-corrected chi connectivity index (χ3v) is 2.23. The molecule has 0 saturated heterocycles. The maximum Gasteiger partial charge on any atom is 0.330 e. The molecule has 0 aliphatic carbocycles. The number of esters is 1. The van der Waals surface area contributed by atoms with Crippen molar-refractivity contribution in [3.8, 4) is 0 Å². The standard InChI is InChI=1S/C12H22O3/c1-3-5-8-11(13)9-6-7-10-15-12(14)4-2/h4,11,13H,2-3,5-10H2,1H3. The Labute approximate surface area is 92.1 Å². The molecule has 0 bridgehead atoms. The Morgan fingerprint density at radius 3 is 2.67 bits per heavy atom. The monoisotopic (exact) mass is 214 g/mol. The molecular weight excluding hydrogens is 192 g/mol. The van der Waals surface area contributed by atoms with Crippen molar-refractivity contribution < 1.29 is 14.6 Å². The largest absolute Gasteiger partial charge is 0.463 e. The highest BCUT2D eigenvalue weighted by Gasteiger charge is 2.03. The van der Waals surface area contributed by atoms with Gasteiger partial charge < -0.3 is 9.84 Å². The summed E-state index contributed by atoms with van der Waals surface area (Å²) in [5, 5.41) is 9.51. The number of hydrogen-bond donors (Lipinski definition) is 1. The van der Waals surface area contributed by atoms with Crippen LogP contribution in [0.4, 0.5) is 0 Å². The molecule has 1 N–H and O–H groups in total. The number of ether oxygens (including phenoxy) is 1. The fourth-order valence-electron chi connectivity index (χ4n) is 1.30. The maximum atomic E-state index is 10.7. The van der Waals surface area contributed by atoms with Gasteiger partial charge in [0.2, 0.25) is 0 Å². The summed E-state index contributed by atoms with van der Waals surface area (Å²) in [5.74, 6) is -0.374. The Morgan fingerprint density at radius 2 is 2.07 bits per heavy atom. The van der Waals surface area contributed by atoms with E-state index >= 15 is 0 Å². The van der Waals surface area contributed by atoms with Gasteiger partial charge in [0, 0.05) is 6.08 Å². The van der Waals surface area contributed by atoms with E-state index in [4.69, 9.17) is 4.74 Å². The third-order valence-electron chi connectivity index (χ3n) is 2.23. The summed E-state index contributed by atoms with van der Waals surface area (Å²) in [6.45, 7) is 5.84. The summed E-state index contributed by atoms with van der Waals surface area (Å²) in [5.41, 5.74) is 0. The van der Waals surface area contributed by atoms with E-state index in [0.29, 0.717) is 6.61 Å². The van der Waals surface area contributed by atoms with Crippen molar-refractivity contribution in [2.24, 2.45) is 0 Å². The fraction of sp³-hybridized carbons (Fsp3) is 0.750. The second kappa shape index (κ2) is 9.71. The zero-order valence-electron chi connectivity index (χ0n) is 9.58. The van der Waals surface area contributed by atoms with Crippen molar-refractivity contribution >= 4 is 5.97 Å². The van der Waals surface area contributed by atoms with Crippen molar-refractivity contribution in [2.75, 3.05) is 6.61 Å². The summed E-state index contributed by atoms with van der Waals surface area (Å²) in [6, 6.07) is 0. The highest BCUT2D eigenvalue weighted by atomic mass is 16.5. The predicted molar refractivity (Wildman–Crippen MR) is 60.5 cm³/mol. The van der Waals surface area contributed by atoms with Crippen LogP contribution in [0.25, 0.3) is 0 Å². The summed E-state index contributed by atoms with van der Waals surface area (Å²) < 4.78 is 4.82. The highest BCUT2D eigenvalue weighted by Crippen LogP contribution is 2.08. The van der Waals surface area contributed by atoms with E-state index in [1.54, 1.807) is 0 Å². The van der Waals surface area contributed by atoms with Crippen LogP contribution in [0.15, 0.2) is 12.7 Å². The first-order valence-electron chi connectivity index (χ1n) is 5.68. The van der Waals surface area contributed by atoms with Gasteiger partial charge in [-0.25, -0.2) is 4.79 Å². The minimum Gasteiger partial charge on any atom is -0.463 e. The Morgan fingerprint density at radius 1 is 1.40 bits per heavy atom. The second-order valence-corrected chi connectivity index (χ2v) is 3.66. The van der Waals surface area contributed by atoms with Crippen molar-refractivity contribution in [3.63, 3.8) is 0 Å². The van der Waals surface area contributed by atoms with Crippen LogP contribution in [0.1, 0.15) is 45.4 Å². The first-order valence-corrected chi connectivity index (χ1v) is 5.68. The molecule has 15 heavy (non-hydrogen) atoms. The van der Waals surface area contributed by atoms with Gasteiger partial charge in [0.1, 0.15) is 0 Å². The quantitative estimate of drug-likeness (QED) is 0.364. The number of carbonyl (C=O) groups is 1. The molecule has 3 heteroatoms. The van der Waals surface area contributed by atoms with Gasteiger partial charge in [-0.05, 0) is 25.7 Å². The molecule has 0 aromatic rings. The van der Waals surface area contributed by atoms with Gasteiger partial charge in [-0.15, -0.1) is 0 Å². The molecule has 0 aromatic heterocycles. The lowest BCUT2D eigenvalue weighted by Gasteiger charge is -2.09. The SMILES string of the molecule is C=CC(=O)OCCCCC(O)CCCC. The van der Waals surface area contributed by atoms with E-state index in [-0.39, 0.29) is 12.1 Å². The van der Waals surface area contributed by atoms with Gasteiger partial charge in [0.05, 0.1) is 12.7 Å². The van der Waals surface area contributed by atoms with Crippen molar-refractivity contribution in [1.82, 2.24) is 0 Å². The molecule has 0 aliphatic heterocycles. The number of aliphatic hydroxyl groups excluding tert-OH is 1. The Kier molecular flexibility index (Phi) is 9.18. The van der Waals surface area contributed by atoms with Crippen LogP contribution in [-0.4, -0.2) is 23.8 Å². The number of hydrogen-bond acceptors (Lipinski definition) is 3. The smallest absolute Gasteiger partial charge is 0.330 e. The molecule has 3 nitrogen and oxygen atoms in total. The van der Waals surface area contributed by atoms with Crippen LogP contribution < -0.4 is 0 Å². The van der Waals surface area contributed by atoms with Crippen LogP contribution in [0.2, 0.25) is 0 Å². The summed E-state index contributed by atoms with van der Waals surface area (Å²) in [7, 11) is 0. The Balaban J connectivity index is 3.22. The zero-order valence-corrected chi connectivity index (χ0v) is 9.58. The molecule has 0 aromatic carbocycles. The lowest BCUT2D eigenvalue weighted by atomic mass is 10.1. The molecule has 1 atom stereocenters. The van der Waals surface area contributed by atoms with Gasteiger partial charge in [-0.3, -0.25) is 0 Å². The van der Waals surface area contributed by atoms with E-state index in [2.05, 4.69) is 13.5 Å². The fourth-order valence-corrected chi connectivity index (χ4v) is 1.30. The molecule has 0 saturated carbocycles. The van der Waals surface area contributed by atoms with E-state index in [1.165, 1.54) is 0 Å². The van der Waals surface area contributed by atoms with E-state index in [1.807, 2.05) is 0 Å². The Hall–Kier alpha value is -0.830. The number of rotatable bonds is 9. The molecule has 0 amide bonds. The molecule has 0 radical (unpaired) electrons. The Bertz CT molecular complexity index is 178. The first kappa shape index (κ1) is 14.2. The molecular formula is C12H22O3. The lowest BCUT2D eigenvalue weighted by Crippen LogP contribution is -2.07. The van der Waals surface area contributed by atoms with Gasteiger partial charge in [0.25, 0.3) is 0 Å². The molecule has 0 heterocycles. The molecule has 88 valence electrons. The zero-order chi connectivity index (χ0) is 11.5. The third kappa shape index (κ3) is 9.47. The van der Waals surface area contributed by atoms with E-state index in [0.717, 1.165) is 44.6 Å². The topological polar surface area (TPSA) is 46.5 Å². The summed E-state index contributed by atoms with van der Waals surface area (Å²) in [6.07, 6.45) is 6.55. The highest BCUT2D eigenvalue weighted by molar-refractivity contribution is 5.81. The van der Waals surface area contributed by atoms with Gasteiger partial charge >= 0.3 is 5.97 Å². The average Bonchev–Trinajstić information content (AvgIpc) is 2.25. The maximum absolute atomic E-state index is 10.7. The van der Waals surface area contributed by atoms with Gasteiger partial charge in [0.15, 0.2) is 0 Å². The molecule has 0 fully saturated rings. The predicted octanol–water partition coefficient (Wildman–Crippen LogP) is 2.44. The van der Waals surface area contributed by atoms with Crippen LogP contribution in [0.3, 0.4) is 0 Å². The normalized spacial score (nSPS) is 12.1. The summed E-state index contributed by atoms with van der Waals surface area (Å²) in [4.78, 5) is 10.7. The minimum atomic E-state index is -0.374. The van der Waals surface area contributed by atoms with Crippen LogP contribution in [0.5, 0.6) is 0 Å². The van der Waals surface area contributed by atoms with Gasteiger partial charge in [-0.2, -0.15) is 0 Å². The number of carbonyl (C=O) groups excluding carboxylic acids is 1. The van der Waals surface area contributed by atoms with E-state index < -0.39 is 0 Å². The first-order chi connectivity index (χ1) is 7.20. The average molecular weight is 214 g/mol. The number of unbranched alkanes of at least 4 members (excludes halogenated alkanes) is 2. The minimum absolute atomic E-state index is 0.194. The summed E-state index contributed by atoms with van der Waals surface area (Å²) >= 11 is 0. The lowest BCUT2D eigenvalue weighted by molar-refractivity contribution is -0.137.